The van der Waals surface area contributed by atoms with E-state index in [1.807, 2.05) is 20.8 Å². The molecule has 1 aliphatic heterocycles. The molecule has 6 heteroatoms. The summed E-state index contributed by atoms with van der Waals surface area (Å²) in [6, 6.07) is 4.80. The number of benzene rings is 1. The summed E-state index contributed by atoms with van der Waals surface area (Å²) in [7, 11) is 0. The van der Waals surface area contributed by atoms with Gasteiger partial charge in [-0.1, -0.05) is 26.8 Å². The zero-order valence-corrected chi connectivity index (χ0v) is 12.7. The predicted molar refractivity (Wildman–Crippen MR) is 80.6 cm³/mol. The summed E-state index contributed by atoms with van der Waals surface area (Å²) in [5, 5.41) is 14.5. The van der Waals surface area contributed by atoms with Crippen molar-refractivity contribution in [2.75, 3.05) is 26.2 Å². The molecule has 1 heterocycles. The maximum absolute atomic E-state index is 12.4. The van der Waals surface area contributed by atoms with Gasteiger partial charge in [-0.25, -0.2) is 0 Å². The van der Waals surface area contributed by atoms with Crippen molar-refractivity contribution in [3.05, 3.63) is 39.4 Å². The lowest BCUT2D eigenvalue weighted by atomic mass is 9.85. The number of nitrogens with one attached hydrogen (secondary N) is 1. The Morgan fingerprint density at radius 1 is 1.29 bits per heavy atom. The van der Waals surface area contributed by atoms with Crippen molar-refractivity contribution in [1.29, 1.82) is 0 Å². The molecule has 1 saturated heterocycles. The fourth-order valence-electron chi connectivity index (χ4n) is 2.50. The molecule has 2 rings (SSSR count). The predicted octanol–water partition coefficient (Wildman–Crippen LogP) is 1.94. The van der Waals surface area contributed by atoms with Crippen molar-refractivity contribution in [1.82, 2.24) is 10.2 Å². The number of nitrogens with zero attached hydrogens (tertiary/aromatic N) is 2. The highest BCUT2D eigenvalue weighted by molar-refractivity contribution is 5.95. The van der Waals surface area contributed by atoms with Crippen LogP contribution in [0.25, 0.3) is 0 Å². The average Bonchev–Trinajstić information content (AvgIpc) is 2.45. The van der Waals surface area contributed by atoms with Crippen molar-refractivity contribution in [2.45, 2.75) is 26.2 Å². The van der Waals surface area contributed by atoms with Crippen molar-refractivity contribution in [2.24, 2.45) is 0 Å². The Hall–Kier alpha value is -1.95. The molecule has 1 amide bonds. The van der Waals surface area contributed by atoms with E-state index in [0.29, 0.717) is 24.2 Å². The third-order valence-corrected chi connectivity index (χ3v) is 3.65. The number of piperazine rings is 1. The monoisotopic (exact) mass is 291 g/mol. The first-order chi connectivity index (χ1) is 9.80. The van der Waals surface area contributed by atoms with E-state index in [4.69, 9.17) is 0 Å². The van der Waals surface area contributed by atoms with Crippen molar-refractivity contribution < 1.29 is 9.72 Å². The third-order valence-electron chi connectivity index (χ3n) is 3.65. The number of carbonyl (C=O) groups excluding carboxylic acids is 1. The fraction of sp³-hybridized carbons (Fsp3) is 0.533. The second kappa shape index (κ2) is 5.81. The van der Waals surface area contributed by atoms with Gasteiger partial charge in [0.2, 0.25) is 0 Å². The van der Waals surface area contributed by atoms with Crippen LogP contribution < -0.4 is 5.32 Å². The summed E-state index contributed by atoms with van der Waals surface area (Å²) < 4.78 is 0. The molecule has 0 bridgehead atoms. The highest BCUT2D eigenvalue weighted by Gasteiger charge is 2.27. The van der Waals surface area contributed by atoms with Gasteiger partial charge in [-0.3, -0.25) is 14.9 Å². The maximum atomic E-state index is 12.4. The summed E-state index contributed by atoms with van der Waals surface area (Å²) in [4.78, 5) is 25.0. The smallest absolute Gasteiger partial charge is 0.273 e. The largest absolute Gasteiger partial charge is 0.336 e. The van der Waals surface area contributed by atoms with Crippen molar-refractivity contribution >= 4 is 11.6 Å². The standard InChI is InChI=1S/C15H21N3O3/c1-15(2,3)12-5-4-11(10-13(12)18(20)21)14(19)17-8-6-16-7-9-17/h4-5,10,16H,6-9H2,1-3H3. The van der Waals surface area contributed by atoms with Gasteiger partial charge in [0.15, 0.2) is 0 Å². The number of hydrogen-bond acceptors (Lipinski definition) is 4. The van der Waals surface area contributed by atoms with Gasteiger partial charge in [0.25, 0.3) is 11.6 Å². The topological polar surface area (TPSA) is 75.5 Å². The average molecular weight is 291 g/mol. The Morgan fingerprint density at radius 2 is 1.90 bits per heavy atom. The molecular weight excluding hydrogens is 270 g/mol. The van der Waals surface area contributed by atoms with Crippen LogP contribution in [0, 0.1) is 10.1 Å². The summed E-state index contributed by atoms with van der Waals surface area (Å²) in [5.41, 5.74) is 0.711. The molecule has 1 N–H and O–H groups in total. The van der Waals surface area contributed by atoms with E-state index in [2.05, 4.69) is 5.32 Å². The van der Waals surface area contributed by atoms with Crippen LogP contribution in [0.1, 0.15) is 36.7 Å². The number of amides is 1. The number of hydrogen-bond donors (Lipinski definition) is 1. The normalized spacial score (nSPS) is 15.9. The molecule has 0 unspecified atom stereocenters. The summed E-state index contributed by atoms with van der Waals surface area (Å²) in [5.74, 6) is -0.139. The van der Waals surface area contributed by atoms with E-state index in [-0.39, 0.29) is 17.0 Å². The minimum Gasteiger partial charge on any atom is -0.336 e. The van der Waals surface area contributed by atoms with Crippen LogP contribution in [-0.4, -0.2) is 41.9 Å². The number of nitro benzene ring substituents is 1. The third kappa shape index (κ3) is 3.39. The van der Waals surface area contributed by atoms with Crippen molar-refractivity contribution in [3.8, 4) is 0 Å². The summed E-state index contributed by atoms with van der Waals surface area (Å²) in [6.45, 7) is 8.55. The SMILES string of the molecule is CC(C)(C)c1ccc(C(=O)N2CCNCC2)cc1[N+](=O)[O-]. The van der Waals surface area contributed by atoms with Gasteiger partial charge in [0, 0.05) is 43.4 Å². The molecule has 0 aliphatic carbocycles. The highest BCUT2D eigenvalue weighted by Crippen LogP contribution is 2.32. The van der Waals surface area contributed by atoms with E-state index in [9.17, 15) is 14.9 Å². The molecule has 0 aromatic heterocycles. The fourth-order valence-corrected chi connectivity index (χ4v) is 2.50. The van der Waals surface area contributed by atoms with Gasteiger partial charge < -0.3 is 10.2 Å². The van der Waals surface area contributed by atoms with Crippen LogP contribution in [0.15, 0.2) is 18.2 Å². The van der Waals surface area contributed by atoms with Gasteiger partial charge in [0.1, 0.15) is 0 Å². The quantitative estimate of drug-likeness (QED) is 0.667. The van der Waals surface area contributed by atoms with E-state index in [1.165, 1.54) is 6.07 Å². The lowest BCUT2D eigenvalue weighted by Gasteiger charge is -2.27. The van der Waals surface area contributed by atoms with Gasteiger partial charge in [-0.05, 0) is 11.5 Å². The van der Waals surface area contributed by atoms with E-state index < -0.39 is 4.92 Å². The number of rotatable bonds is 2. The van der Waals surface area contributed by atoms with Crippen LogP contribution in [0.4, 0.5) is 5.69 Å². The van der Waals surface area contributed by atoms with E-state index >= 15 is 0 Å². The number of carbonyl (C=O) groups is 1. The Balaban J connectivity index is 2.35. The second-order valence-electron chi connectivity index (χ2n) is 6.28. The molecule has 1 aromatic rings. The molecule has 1 aromatic carbocycles. The van der Waals surface area contributed by atoms with Gasteiger partial charge >= 0.3 is 0 Å². The van der Waals surface area contributed by atoms with E-state index in [0.717, 1.165) is 13.1 Å². The van der Waals surface area contributed by atoms with Gasteiger partial charge in [0.05, 0.1) is 4.92 Å². The Kier molecular flexibility index (Phi) is 4.27. The lowest BCUT2D eigenvalue weighted by Crippen LogP contribution is -2.46. The Labute approximate surface area is 124 Å². The first kappa shape index (κ1) is 15.4. The van der Waals surface area contributed by atoms with Gasteiger partial charge in [-0.2, -0.15) is 0 Å². The molecule has 21 heavy (non-hydrogen) atoms. The lowest BCUT2D eigenvalue weighted by molar-refractivity contribution is -0.386. The zero-order chi connectivity index (χ0) is 15.6. The molecule has 0 atom stereocenters. The highest BCUT2D eigenvalue weighted by atomic mass is 16.6. The molecule has 0 saturated carbocycles. The van der Waals surface area contributed by atoms with Crippen LogP contribution in [0.5, 0.6) is 0 Å². The van der Waals surface area contributed by atoms with Crippen LogP contribution >= 0.6 is 0 Å². The van der Waals surface area contributed by atoms with Gasteiger partial charge in [-0.15, -0.1) is 0 Å². The van der Waals surface area contributed by atoms with E-state index in [1.54, 1.807) is 17.0 Å². The second-order valence-corrected chi connectivity index (χ2v) is 6.28. The maximum Gasteiger partial charge on any atom is 0.273 e. The van der Waals surface area contributed by atoms with Crippen molar-refractivity contribution in [3.63, 3.8) is 0 Å². The molecule has 114 valence electrons. The molecular formula is C15H21N3O3. The molecule has 1 aliphatic rings. The van der Waals surface area contributed by atoms with Crippen LogP contribution in [-0.2, 0) is 5.41 Å². The summed E-state index contributed by atoms with van der Waals surface area (Å²) >= 11 is 0. The molecule has 1 fully saturated rings. The minimum atomic E-state index is -0.408. The van der Waals surface area contributed by atoms with Crippen LogP contribution in [0.3, 0.4) is 0 Å². The Bertz CT molecular complexity index is 558. The summed E-state index contributed by atoms with van der Waals surface area (Å²) in [6.07, 6.45) is 0. The Morgan fingerprint density at radius 3 is 2.43 bits per heavy atom. The minimum absolute atomic E-state index is 0.0171. The number of nitro groups is 1. The molecule has 0 spiro atoms. The van der Waals surface area contributed by atoms with Crippen LogP contribution in [0.2, 0.25) is 0 Å². The molecule has 6 nitrogen and oxygen atoms in total. The first-order valence-corrected chi connectivity index (χ1v) is 7.09. The first-order valence-electron chi connectivity index (χ1n) is 7.09. The molecule has 0 radical (unpaired) electrons. The zero-order valence-electron chi connectivity index (χ0n) is 12.7.